The summed E-state index contributed by atoms with van der Waals surface area (Å²) in [5.74, 6) is 0.0113. The fourth-order valence-electron chi connectivity index (χ4n) is 3.36. The lowest BCUT2D eigenvalue weighted by atomic mass is 10.2. The fraction of sp³-hybridized carbons (Fsp3) is 0.368. The van der Waals surface area contributed by atoms with Crippen LogP contribution in [0.15, 0.2) is 46.7 Å². The van der Waals surface area contributed by atoms with E-state index in [1.165, 1.54) is 16.9 Å². The Morgan fingerprint density at radius 3 is 3.15 bits per heavy atom. The minimum atomic E-state index is 0.0113. The van der Waals surface area contributed by atoms with Crippen molar-refractivity contribution in [2.45, 2.75) is 31.8 Å². The number of aromatic nitrogens is 1. The summed E-state index contributed by atoms with van der Waals surface area (Å²) >= 11 is 3.23. The number of amides is 1. The van der Waals surface area contributed by atoms with E-state index in [4.69, 9.17) is 4.42 Å². The highest BCUT2D eigenvalue weighted by Crippen LogP contribution is 2.36. The zero-order chi connectivity index (χ0) is 17.8. The second kappa shape index (κ2) is 8.16. The van der Waals surface area contributed by atoms with Crippen LogP contribution in [0.3, 0.4) is 0 Å². The highest BCUT2D eigenvalue weighted by molar-refractivity contribution is 7.14. The Balaban J connectivity index is 1.35. The third-order valence-corrected chi connectivity index (χ3v) is 6.64. The van der Waals surface area contributed by atoms with Gasteiger partial charge in [0.05, 0.1) is 22.4 Å². The van der Waals surface area contributed by atoms with E-state index in [0.717, 1.165) is 35.8 Å². The SMILES string of the molecule is O=C(NCCc1nccs1)c1ccc(C2CCCN2Cc2ccoc2)s1. The second-order valence-electron chi connectivity index (χ2n) is 6.39. The van der Waals surface area contributed by atoms with Crippen LogP contribution >= 0.6 is 22.7 Å². The van der Waals surface area contributed by atoms with Crippen molar-refractivity contribution in [1.29, 1.82) is 0 Å². The van der Waals surface area contributed by atoms with Crippen molar-refractivity contribution in [2.75, 3.05) is 13.1 Å². The number of thiophene rings is 1. The molecule has 5 nitrogen and oxygen atoms in total. The molecular formula is C19H21N3O2S2. The zero-order valence-electron chi connectivity index (χ0n) is 14.4. The minimum absolute atomic E-state index is 0.0113. The van der Waals surface area contributed by atoms with Crippen LogP contribution in [0.1, 0.15) is 44.0 Å². The molecule has 4 heterocycles. The number of hydrogen-bond acceptors (Lipinski definition) is 6. The lowest BCUT2D eigenvalue weighted by Gasteiger charge is -2.22. The van der Waals surface area contributed by atoms with Gasteiger partial charge in [0.1, 0.15) is 0 Å². The number of carbonyl (C=O) groups excluding carboxylic acids is 1. The van der Waals surface area contributed by atoms with Crippen LogP contribution < -0.4 is 5.32 Å². The van der Waals surface area contributed by atoms with Gasteiger partial charge in [-0.3, -0.25) is 9.69 Å². The van der Waals surface area contributed by atoms with E-state index in [1.54, 1.807) is 35.1 Å². The largest absolute Gasteiger partial charge is 0.472 e. The molecule has 0 aliphatic carbocycles. The summed E-state index contributed by atoms with van der Waals surface area (Å²) < 4.78 is 5.18. The van der Waals surface area contributed by atoms with Crippen molar-refractivity contribution in [3.63, 3.8) is 0 Å². The zero-order valence-corrected chi connectivity index (χ0v) is 16.0. The van der Waals surface area contributed by atoms with E-state index in [1.807, 2.05) is 23.8 Å². The molecule has 0 saturated carbocycles. The average Bonchev–Trinajstić information content (AvgIpc) is 3.43. The number of rotatable bonds is 7. The summed E-state index contributed by atoms with van der Waals surface area (Å²) in [6.07, 6.45) is 8.44. The minimum Gasteiger partial charge on any atom is -0.472 e. The summed E-state index contributed by atoms with van der Waals surface area (Å²) in [4.78, 5) is 21.2. The van der Waals surface area contributed by atoms with Gasteiger partial charge in [0.25, 0.3) is 5.91 Å². The van der Waals surface area contributed by atoms with E-state index in [2.05, 4.69) is 21.3 Å². The second-order valence-corrected chi connectivity index (χ2v) is 8.49. The predicted molar refractivity (Wildman–Crippen MR) is 104 cm³/mol. The molecule has 0 spiro atoms. The lowest BCUT2D eigenvalue weighted by Crippen LogP contribution is -2.24. The van der Waals surface area contributed by atoms with Crippen LogP contribution in [0.25, 0.3) is 0 Å². The highest BCUT2D eigenvalue weighted by atomic mass is 32.1. The first-order chi connectivity index (χ1) is 12.8. The highest BCUT2D eigenvalue weighted by Gasteiger charge is 2.28. The van der Waals surface area contributed by atoms with Gasteiger partial charge in [-0.1, -0.05) is 0 Å². The molecule has 3 aromatic rings. The molecule has 1 atom stereocenters. The quantitative estimate of drug-likeness (QED) is 0.663. The van der Waals surface area contributed by atoms with Gasteiger partial charge in [-0.15, -0.1) is 22.7 Å². The molecular weight excluding hydrogens is 366 g/mol. The maximum atomic E-state index is 12.4. The van der Waals surface area contributed by atoms with Crippen LogP contribution in [0.5, 0.6) is 0 Å². The molecule has 4 rings (SSSR count). The molecule has 0 bridgehead atoms. The maximum absolute atomic E-state index is 12.4. The molecule has 1 unspecified atom stereocenters. The van der Waals surface area contributed by atoms with Gasteiger partial charge in [0.2, 0.25) is 0 Å². The monoisotopic (exact) mass is 387 g/mol. The number of hydrogen-bond donors (Lipinski definition) is 1. The third-order valence-electron chi connectivity index (χ3n) is 4.62. The molecule has 1 saturated heterocycles. The number of nitrogens with zero attached hydrogens (tertiary/aromatic N) is 2. The summed E-state index contributed by atoms with van der Waals surface area (Å²) in [5.41, 5.74) is 1.20. The van der Waals surface area contributed by atoms with E-state index >= 15 is 0 Å². The van der Waals surface area contributed by atoms with Crippen molar-refractivity contribution in [3.05, 3.63) is 62.6 Å². The smallest absolute Gasteiger partial charge is 0.261 e. The first kappa shape index (κ1) is 17.5. The maximum Gasteiger partial charge on any atom is 0.261 e. The first-order valence-corrected chi connectivity index (χ1v) is 10.5. The van der Waals surface area contributed by atoms with Crippen molar-refractivity contribution in [2.24, 2.45) is 0 Å². The molecule has 0 radical (unpaired) electrons. The van der Waals surface area contributed by atoms with E-state index in [-0.39, 0.29) is 5.91 Å². The van der Waals surface area contributed by atoms with Crippen molar-refractivity contribution in [1.82, 2.24) is 15.2 Å². The van der Waals surface area contributed by atoms with E-state index < -0.39 is 0 Å². The van der Waals surface area contributed by atoms with Gasteiger partial charge in [-0.05, 0) is 37.6 Å². The molecule has 0 aromatic carbocycles. The summed E-state index contributed by atoms with van der Waals surface area (Å²) in [5, 5.41) is 6.01. The molecule has 1 aliphatic rings. The van der Waals surface area contributed by atoms with E-state index in [9.17, 15) is 4.79 Å². The molecule has 1 amide bonds. The van der Waals surface area contributed by atoms with Gasteiger partial charge in [0.15, 0.2) is 0 Å². The predicted octanol–water partition coefficient (Wildman–Crippen LogP) is 4.11. The Kier molecular flexibility index (Phi) is 5.48. The van der Waals surface area contributed by atoms with Crippen LogP contribution in [0.2, 0.25) is 0 Å². The van der Waals surface area contributed by atoms with Crippen LogP contribution in [0, 0.1) is 0 Å². The van der Waals surface area contributed by atoms with E-state index in [0.29, 0.717) is 12.6 Å². The third kappa shape index (κ3) is 4.06. The standard InChI is InChI=1S/C19H21N3O2S2/c23-19(21-7-5-18-20-8-11-25-18)17-4-3-16(26-17)15-2-1-9-22(15)12-14-6-10-24-13-14/h3-4,6,8,10-11,13,15H,1-2,5,7,9,12H2,(H,21,23). The lowest BCUT2D eigenvalue weighted by molar-refractivity contribution is 0.0958. The number of carbonyl (C=O) groups is 1. The average molecular weight is 388 g/mol. The summed E-state index contributed by atoms with van der Waals surface area (Å²) in [6, 6.07) is 6.48. The van der Waals surface area contributed by atoms with Crippen molar-refractivity contribution < 1.29 is 9.21 Å². The molecule has 136 valence electrons. The Morgan fingerprint density at radius 1 is 1.38 bits per heavy atom. The number of likely N-dealkylation sites (tertiary alicyclic amines) is 1. The summed E-state index contributed by atoms with van der Waals surface area (Å²) in [7, 11) is 0. The molecule has 1 N–H and O–H groups in total. The molecule has 3 aromatic heterocycles. The molecule has 1 fully saturated rings. The normalized spacial score (nSPS) is 17.6. The number of nitrogens with one attached hydrogen (secondary N) is 1. The molecule has 1 aliphatic heterocycles. The Morgan fingerprint density at radius 2 is 2.35 bits per heavy atom. The van der Waals surface area contributed by atoms with Gasteiger partial charge in [0, 0.05) is 47.6 Å². The molecule has 7 heteroatoms. The van der Waals surface area contributed by atoms with Crippen LogP contribution in [-0.4, -0.2) is 28.9 Å². The number of thiazole rings is 1. The number of furan rings is 1. The Labute approximate surface area is 160 Å². The van der Waals surface area contributed by atoms with Gasteiger partial charge in [-0.25, -0.2) is 4.98 Å². The summed E-state index contributed by atoms with van der Waals surface area (Å²) in [6.45, 7) is 2.60. The topological polar surface area (TPSA) is 58.4 Å². The van der Waals surface area contributed by atoms with Gasteiger partial charge in [-0.2, -0.15) is 0 Å². The molecule has 26 heavy (non-hydrogen) atoms. The van der Waals surface area contributed by atoms with Crippen LogP contribution in [0.4, 0.5) is 0 Å². The van der Waals surface area contributed by atoms with Gasteiger partial charge >= 0.3 is 0 Å². The van der Waals surface area contributed by atoms with Gasteiger partial charge < -0.3 is 9.73 Å². The first-order valence-electron chi connectivity index (χ1n) is 8.81. The van der Waals surface area contributed by atoms with Crippen LogP contribution in [-0.2, 0) is 13.0 Å². The van der Waals surface area contributed by atoms with Crippen molar-refractivity contribution in [3.8, 4) is 0 Å². The Bertz CT molecular complexity index is 827. The Hall–Kier alpha value is -1.96. The van der Waals surface area contributed by atoms with Crippen molar-refractivity contribution >= 4 is 28.6 Å². The fourth-order valence-corrected chi connectivity index (χ4v) is 5.07.